The van der Waals surface area contributed by atoms with E-state index < -0.39 is 0 Å². The minimum Gasteiger partial charge on any atom is -0.340 e. The lowest BCUT2D eigenvalue weighted by Gasteiger charge is -2.41. The molecule has 2 amide bonds. The molecule has 0 radical (unpaired) electrons. The van der Waals surface area contributed by atoms with Crippen molar-refractivity contribution in [2.45, 2.75) is 18.9 Å². The average molecular weight is 470 g/mol. The SMILES string of the molecule is O=C(c1cnccn1)N1CCCC(C(=O)N2CCN(C(c3ccccc3)c3ccccc3)CC2)C1. The third-order valence-corrected chi connectivity index (χ3v) is 7.06. The van der Waals surface area contributed by atoms with Gasteiger partial charge >= 0.3 is 0 Å². The third kappa shape index (κ3) is 5.25. The molecule has 2 aromatic carbocycles. The second-order valence-electron chi connectivity index (χ2n) is 9.27. The summed E-state index contributed by atoms with van der Waals surface area (Å²) in [5.74, 6) is -0.138. The molecule has 35 heavy (non-hydrogen) atoms. The summed E-state index contributed by atoms with van der Waals surface area (Å²) in [5.41, 5.74) is 2.87. The van der Waals surface area contributed by atoms with Gasteiger partial charge in [0.05, 0.1) is 18.2 Å². The molecule has 2 saturated heterocycles. The Morgan fingerprint density at radius 2 is 1.46 bits per heavy atom. The number of piperidine rings is 1. The Hall–Kier alpha value is -3.58. The Morgan fingerprint density at radius 3 is 2.06 bits per heavy atom. The maximum Gasteiger partial charge on any atom is 0.274 e. The molecule has 7 nitrogen and oxygen atoms in total. The van der Waals surface area contributed by atoms with Gasteiger partial charge in [-0.05, 0) is 24.0 Å². The van der Waals surface area contributed by atoms with Crippen LogP contribution in [0, 0.1) is 5.92 Å². The topological polar surface area (TPSA) is 69.6 Å². The number of benzene rings is 2. The maximum atomic E-state index is 13.4. The van der Waals surface area contributed by atoms with Crippen molar-refractivity contribution >= 4 is 11.8 Å². The van der Waals surface area contributed by atoms with Gasteiger partial charge in [0.15, 0.2) is 0 Å². The first-order chi connectivity index (χ1) is 17.2. The van der Waals surface area contributed by atoms with Gasteiger partial charge in [0.1, 0.15) is 5.69 Å². The molecule has 180 valence electrons. The fourth-order valence-corrected chi connectivity index (χ4v) is 5.28. The number of amides is 2. The van der Waals surface area contributed by atoms with Crippen molar-refractivity contribution < 1.29 is 9.59 Å². The highest BCUT2D eigenvalue weighted by molar-refractivity contribution is 5.92. The Labute approximate surface area is 206 Å². The standard InChI is InChI=1S/C28H31N5O2/c34-27(24-12-7-15-33(21-24)28(35)25-20-29-13-14-30-25)32-18-16-31(17-19-32)26(22-8-3-1-4-9-22)23-10-5-2-6-11-23/h1-6,8-11,13-14,20,24,26H,7,12,15-19,21H2. The van der Waals surface area contributed by atoms with Gasteiger partial charge in [0.2, 0.25) is 5.91 Å². The van der Waals surface area contributed by atoms with Crippen molar-refractivity contribution in [3.63, 3.8) is 0 Å². The Morgan fingerprint density at radius 1 is 0.800 bits per heavy atom. The van der Waals surface area contributed by atoms with E-state index in [4.69, 9.17) is 0 Å². The van der Waals surface area contributed by atoms with Crippen molar-refractivity contribution in [2.24, 2.45) is 5.92 Å². The molecule has 5 rings (SSSR count). The summed E-state index contributed by atoms with van der Waals surface area (Å²) in [5, 5.41) is 0. The monoisotopic (exact) mass is 469 g/mol. The van der Waals surface area contributed by atoms with E-state index in [0.29, 0.717) is 31.9 Å². The highest BCUT2D eigenvalue weighted by Gasteiger charge is 2.34. The van der Waals surface area contributed by atoms with Crippen molar-refractivity contribution in [2.75, 3.05) is 39.3 Å². The molecular weight excluding hydrogens is 438 g/mol. The average Bonchev–Trinajstić information content (AvgIpc) is 2.94. The number of rotatable bonds is 5. The molecule has 1 aromatic heterocycles. The number of hydrogen-bond donors (Lipinski definition) is 0. The van der Waals surface area contributed by atoms with Crippen LogP contribution in [-0.4, -0.2) is 75.8 Å². The van der Waals surface area contributed by atoms with Gasteiger partial charge in [-0.3, -0.25) is 19.5 Å². The number of hydrogen-bond acceptors (Lipinski definition) is 5. The van der Waals surface area contributed by atoms with E-state index in [2.05, 4.69) is 63.4 Å². The molecule has 0 aliphatic carbocycles. The van der Waals surface area contributed by atoms with Gasteiger partial charge in [0, 0.05) is 51.7 Å². The summed E-state index contributed by atoms with van der Waals surface area (Å²) in [7, 11) is 0. The van der Waals surface area contributed by atoms with Gasteiger partial charge < -0.3 is 9.80 Å². The summed E-state index contributed by atoms with van der Waals surface area (Å²) >= 11 is 0. The summed E-state index contributed by atoms with van der Waals surface area (Å²) in [6.45, 7) is 4.13. The number of piperazine rings is 1. The quantitative estimate of drug-likeness (QED) is 0.574. The van der Waals surface area contributed by atoms with E-state index in [1.807, 2.05) is 17.0 Å². The first-order valence-electron chi connectivity index (χ1n) is 12.4. The molecule has 7 heteroatoms. The fraction of sp³-hybridized carbons (Fsp3) is 0.357. The molecule has 2 aliphatic rings. The highest BCUT2D eigenvalue weighted by atomic mass is 16.2. The molecular formula is C28H31N5O2. The first kappa shape index (κ1) is 23.2. The Kier molecular flexibility index (Phi) is 7.14. The normalized spacial score (nSPS) is 19.1. The van der Waals surface area contributed by atoms with E-state index in [1.54, 1.807) is 11.1 Å². The van der Waals surface area contributed by atoms with Crippen molar-refractivity contribution in [1.29, 1.82) is 0 Å². The minimum atomic E-state index is -0.157. The molecule has 0 N–H and O–H groups in total. The summed E-state index contributed by atoms with van der Waals surface area (Å²) in [4.78, 5) is 40.6. The zero-order valence-corrected chi connectivity index (χ0v) is 19.9. The maximum absolute atomic E-state index is 13.4. The Balaban J connectivity index is 1.23. The minimum absolute atomic E-state index is 0.144. The number of carbonyl (C=O) groups excluding carboxylic acids is 2. The van der Waals surface area contributed by atoms with E-state index in [0.717, 1.165) is 25.9 Å². The second-order valence-corrected chi connectivity index (χ2v) is 9.27. The van der Waals surface area contributed by atoms with Crippen LogP contribution in [0.2, 0.25) is 0 Å². The summed E-state index contributed by atoms with van der Waals surface area (Å²) in [6.07, 6.45) is 6.21. The zero-order chi connectivity index (χ0) is 24.0. The zero-order valence-electron chi connectivity index (χ0n) is 19.9. The molecule has 2 aliphatic heterocycles. The molecule has 0 saturated carbocycles. The highest BCUT2D eigenvalue weighted by Crippen LogP contribution is 2.30. The predicted molar refractivity (Wildman–Crippen MR) is 134 cm³/mol. The smallest absolute Gasteiger partial charge is 0.274 e. The van der Waals surface area contributed by atoms with E-state index in [1.165, 1.54) is 23.5 Å². The fourth-order valence-electron chi connectivity index (χ4n) is 5.28. The van der Waals surface area contributed by atoms with Crippen LogP contribution in [0.3, 0.4) is 0 Å². The summed E-state index contributed by atoms with van der Waals surface area (Å²) < 4.78 is 0. The van der Waals surface area contributed by atoms with Crippen LogP contribution in [0.15, 0.2) is 79.3 Å². The van der Waals surface area contributed by atoms with Crippen LogP contribution in [0.25, 0.3) is 0 Å². The van der Waals surface area contributed by atoms with Crippen LogP contribution in [0.5, 0.6) is 0 Å². The molecule has 2 fully saturated rings. The molecule has 3 heterocycles. The Bertz CT molecular complexity index is 1080. The number of nitrogens with zero attached hydrogens (tertiary/aromatic N) is 5. The molecule has 1 atom stereocenters. The van der Waals surface area contributed by atoms with Gasteiger partial charge in [-0.1, -0.05) is 60.7 Å². The first-order valence-corrected chi connectivity index (χ1v) is 12.4. The van der Waals surface area contributed by atoms with Crippen molar-refractivity contribution in [1.82, 2.24) is 24.7 Å². The van der Waals surface area contributed by atoms with Gasteiger partial charge in [-0.15, -0.1) is 0 Å². The largest absolute Gasteiger partial charge is 0.340 e. The van der Waals surface area contributed by atoms with Crippen LogP contribution >= 0.6 is 0 Å². The van der Waals surface area contributed by atoms with E-state index in [-0.39, 0.29) is 23.8 Å². The van der Waals surface area contributed by atoms with Gasteiger partial charge in [0.25, 0.3) is 5.91 Å². The van der Waals surface area contributed by atoms with E-state index >= 15 is 0 Å². The lowest BCUT2D eigenvalue weighted by atomic mass is 9.94. The lowest BCUT2D eigenvalue weighted by Crippen LogP contribution is -2.53. The number of aromatic nitrogens is 2. The number of carbonyl (C=O) groups is 2. The van der Waals surface area contributed by atoms with Crippen LogP contribution < -0.4 is 0 Å². The molecule has 1 unspecified atom stereocenters. The van der Waals surface area contributed by atoms with Crippen molar-refractivity contribution in [3.8, 4) is 0 Å². The third-order valence-electron chi connectivity index (χ3n) is 7.06. The van der Waals surface area contributed by atoms with Crippen LogP contribution in [0.4, 0.5) is 0 Å². The predicted octanol–water partition coefficient (Wildman–Crippen LogP) is 3.26. The molecule has 3 aromatic rings. The van der Waals surface area contributed by atoms with Gasteiger partial charge in [-0.2, -0.15) is 0 Å². The second kappa shape index (κ2) is 10.8. The van der Waals surface area contributed by atoms with E-state index in [9.17, 15) is 9.59 Å². The van der Waals surface area contributed by atoms with Crippen molar-refractivity contribution in [3.05, 3.63) is 96.1 Å². The van der Waals surface area contributed by atoms with Crippen LogP contribution in [0.1, 0.15) is 40.5 Å². The summed E-state index contributed by atoms with van der Waals surface area (Å²) in [6, 6.07) is 21.3. The molecule has 0 bridgehead atoms. The number of likely N-dealkylation sites (tertiary alicyclic amines) is 1. The van der Waals surface area contributed by atoms with Crippen LogP contribution in [-0.2, 0) is 4.79 Å². The lowest BCUT2D eigenvalue weighted by molar-refractivity contribution is -0.139. The van der Waals surface area contributed by atoms with Gasteiger partial charge in [-0.25, -0.2) is 4.98 Å². The molecule has 0 spiro atoms.